The number of nitrogens with zero attached hydrogens (tertiary/aromatic N) is 1. The minimum absolute atomic E-state index is 0.0141. The molecule has 34 heavy (non-hydrogen) atoms. The zero-order valence-electron chi connectivity index (χ0n) is 18.1. The summed E-state index contributed by atoms with van der Waals surface area (Å²) in [7, 11) is 0. The van der Waals surface area contributed by atoms with E-state index in [1.165, 1.54) is 4.90 Å². The fraction of sp³-hybridized carbons (Fsp3) is 0.148. The van der Waals surface area contributed by atoms with Gasteiger partial charge in [0.15, 0.2) is 0 Å². The van der Waals surface area contributed by atoms with Crippen LogP contribution in [0.25, 0.3) is 5.76 Å². The third-order valence-electron chi connectivity index (χ3n) is 5.88. The Morgan fingerprint density at radius 3 is 2.06 bits per heavy atom. The van der Waals surface area contributed by atoms with Crippen LogP contribution in [-0.4, -0.2) is 39.3 Å². The van der Waals surface area contributed by atoms with Crippen molar-refractivity contribution < 1.29 is 24.6 Å². The molecule has 1 fully saturated rings. The van der Waals surface area contributed by atoms with Gasteiger partial charge in [0.1, 0.15) is 5.76 Å². The van der Waals surface area contributed by atoms with Crippen LogP contribution >= 0.6 is 11.6 Å². The van der Waals surface area contributed by atoms with E-state index >= 15 is 0 Å². The number of Topliss-reactive ketones (excluding diaryl/α,β-unsaturated/α-hetero) is 1. The largest absolute Gasteiger partial charge is 0.507 e. The summed E-state index contributed by atoms with van der Waals surface area (Å²) in [5.41, 5.74) is 1.69. The Labute approximate surface area is 201 Å². The van der Waals surface area contributed by atoms with Crippen LogP contribution in [0.5, 0.6) is 0 Å². The van der Waals surface area contributed by atoms with Crippen molar-refractivity contribution in [3.05, 3.63) is 112 Å². The molecule has 0 aromatic heterocycles. The number of aliphatic hydroxyl groups is 1. The molecule has 3 aromatic carbocycles. The number of hydrogen-bond donors (Lipinski definition) is 2. The molecule has 0 bridgehead atoms. The molecular formula is C27H22ClNO5. The molecule has 0 radical (unpaired) electrons. The number of hydrogen-bond acceptors (Lipinski definition) is 4. The maximum Gasteiger partial charge on any atom is 0.304 e. The number of carbonyl (C=O) groups excluding carboxylic acids is 2. The average Bonchev–Trinajstić information content (AvgIpc) is 3.09. The lowest BCUT2D eigenvalue weighted by molar-refractivity contribution is -0.141. The van der Waals surface area contributed by atoms with Crippen molar-refractivity contribution >= 4 is 35.0 Å². The quantitative estimate of drug-likeness (QED) is 0.284. The molecule has 2 N–H and O–H groups in total. The number of carbonyl (C=O) groups is 3. The van der Waals surface area contributed by atoms with Crippen LogP contribution in [0.2, 0.25) is 5.02 Å². The third-order valence-corrected chi connectivity index (χ3v) is 6.13. The molecule has 0 unspecified atom stereocenters. The summed E-state index contributed by atoms with van der Waals surface area (Å²) in [6.07, 6.45) is -0.223. The molecule has 0 spiro atoms. The molecule has 4 rings (SSSR count). The molecule has 172 valence electrons. The fourth-order valence-corrected chi connectivity index (χ4v) is 4.40. The Hall–Kier alpha value is -3.90. The first kappa shape index (κ1) is 23.3. The standard InChI is InChI=1S/C27H22ClNO5/c28-21-13-11-18(12-14-21)24-23(25(32)19-9-5-2-6-10-19)26(33)27(34)29(24)16-20(15-22(30)31)17-7-3-1-4-8-17/h1-14,20,24,32H,15-16H2,(H,30,31)/t20-,24-/m1/s1. The molecule has 2 atom stereocenters. The van der Waals surface area contributed by atoms with Gasteiger partial charge in [-0.25, -0.2) is 0 Å². The van der Waals surface area contributed by atoms with Gasteiger partial charge in [-0.15, -0.1) is 0 Å². The van der Waals surface area contributed by atoms with Crippen molar-refractivity contribution in [2.24, 2.45) is 0 Å². The van der Waals surface area contributed by atoms with Crippen molar-refractivity contribution in [2.75, 3.05) is 6.54 Å². The van der Waals surface area contributed by atoms with Crippen LogP contribution in [0.1, 0.15) is 35.1 Å². The highest BCUT2D eigenvalue weighted by Gasteiger charge is 2.46. The molecule has 1 aliphatic heterocycles. The van der Waals surface area contributed by atoms with Crippen molar-refractivity contribution in [3.8, 4) is 0 Å². The fourth-order valence-electron chi connectivity index (χ4n) is 4.27. The average molecular weight is 476 g/mol. The summed E-state index contributed by atoms with van der Waals surface area (Å²) in [5.74, 6) is -3.45. The minimum atomic E-state index is -1.02. The molecular weight excluding hydrogens is 454 g/mol. The van der Waals surface area contributed by atoms with Gasteiger partial charge in [0.05, 0.1) is 18.0 Å². The number of aliphatic carboxylic acids is 1. The number of benzene rings is 3. The monoisotopic (exact) mass is 475 g/mol. The molecule has 0 saturated carbocycles. The Bertz CT molecular complexity index is 1240. The van der Waals surface area contributed by atoms with E-state index in [2.05, 4.69) is 0 Å². The Balaban J connectivity index is 1.83. The van der Waals surface area contributed by atoms with Crippen LogP contribution in [0.15, 0.2) is 90.5 Å². The second-order valence-electron chi connectivity index (χ2n) is 8.07. The van der Waals surface area contributed by atoms with Gasteiger partial charge in [-0.2, -0.15) is 0 Å². The molecule has 7 heteroatoms. The summed E-state index contributed by atoms with van der Waals surface area (Å²) < 4.78 is 0. The number of amides is 1. The number of ketones is 1. The smallest absolute Gasteiger partial charge is 0.304 e. The first-order valence-corrected chi connectivity index (χ1v) is 11.1. The number of likely N-dealkylation sites (tertiary alicyclic amines) is 1. The molecule has 1 amide bonds. The molecule has 1 heterocycles. The van der Waals surface area contributed by atoms with Crippen LogP contribution in [-0.2, 0) is 14.4 Å². The summed E-state index contributed by atoms with van der Waals surface area (Å²) in [6, 6.07) is 23.3. The van der Waals surface area contributed by atoms with Crippen molar-refractivity contribution in [1.29, 1.82) is 0 Å². The van der Waals surface area contributed by atoms with Crippen molar-refractivity contribution in [3.63, 3.8) is 0 Å². The van der Waals surface area contributed by atoms with Crippen molar-refractivity contribution in [2.45, 2.75) is 18.4 Å². The summed E-state index contributed by atoms with van der Waals surface area (Å²) in [4.78, 5) is 39.3. The van der Waals surface area contributed by atoms with E-state index < -0.39 is 29.6 Å². The van der Waals surface area contributed by atoms with E-state index in [0.717, 1.165) is 5.56 Å². The molecule has 1 aliphatic rings. The van der Waals surface area contributed by atoms with Gasteiger partial charge in [0.25, 0.3) is 11.7 Å². The Morgan fingerprint density at radius 1 is 0.882 bits per heavy atom. The first-order valence-electron chi connectivity index (χ1n) is 10.7. The van der Waals surface area contributed by atoms with E-state index in [1.807, 2.05) is 6.07 Å². The highest BCUT2D eigenvalue weighted by Crippen LogP contribution is 2.41. The summed E-state index contributed by atoms with van der Waals surface area (Å²) >= 11 is 6.05. The lowest BCUT2D eigenvalue weighted by atomic mass is 9.92. The maximum atomic E-state index is 13.2. The summed E-state index contributed by atoms with van der Waals surface area (Å²) in [6.45, 7) is -0.0141. The predicted octanol–water partition coefficient (Wildman–Crippen LogP) is 5.02. The lowest BCUT2D eigenvalue weighted by Gasteiger charge is -2.29. The molecule has 1 saturated heterocycles. The second kappa shape index (κ2) is 9.93. The highest BCUT2D eigenvalue weighted by molar-refractivity contribution is 6.46. The summed E-state index contributed by atoms with van der Waals surface area (Å²) in [5, 5.41) is 21.1. The van der Waals surface area contributed by atoms with E-state index in [0.29, 0.717) is 16.1 Å². The van der Waals surface area contributed by atoms with Crippen LogP contribution < -0.4 is 0 Å². The van der Waals surface area contributed by atoms with Crippen molar-refractivity contribution in [1.82, 2.24) is 4.90 Å². The topological polar surface area (TPSA) is 94.9 Å². The van der Waals surface area contributed by atoms with Crippen LogP contribution in [0.4, 0.5) is 0 Å². The molecule has 6 nitrogen and oxygen atoms in total. The Morgan fingerprint density at radius 2 is 1.47 bits per heavy atom. The van der Waals surface area contributed by atoms with Gasteiger partial charge in [-0.1, -0.05) is 84.4 Å². The minimum Gasteiger partial charge on any atom is -0.507 e. The van der Waals surface area contributed by atoms with Gasteiger partial charge < -0.3 is 15.1 Å². The maximum absolute atomic E-state index is 13.2. The van der Waals surface area contributed by atoms with E-state index in [-0.39, 0.29) is 24.3 Å². The zero-order valence-corrected chi connectivity index (χ0v) is 18.9. The predicted molar refractivity (Wildman–Crippen MR) is 128 cm³/mol. The third kappa shape index (κ3) is 4.72. The van der Waals surface area contributed by atoms with E-state index in [9.17, 15) is 24.6 Å². The number of aliphatic hydroxyl groups excluding tert-OH is 1. The van der Waals surface area contributed by atoms with E-state index in [1.54, 1.807) is 78.9 Å². The normalized spacial score (nSPS) is 18.1. The first-order chi connectivity index (χ1) is 16.4. The number of rotatable bonds is 7. The van der Waals surface area contributed by atoms with Crippen LogP contribution in [0, 0.1) is 0 Å². The van der Waals surface area contributed by atoms with Gasteiger partial charge in [0.2, 0.25) is 0 Å². The van der Waals surface area contributed by atoms with Gasteiger partial charge in [-0.3, -0.25) is 14.4 Å². The highest BCUT2D eigenvalue weighted by atomic mass is 35.5. The van der Waals surface area contributed by atoms with Gasteiger partial charge in [-0.05, 0) is 23.3 Å². The number of halogens is 1. The SMILES string of the molecule is O=C(O)C[C@H](CN1C(=O)C(=O)C(=C(O)c2ccccc2)[C@H]1c1ccc(Cl)cc1)c1ccccc1. The molecule has 3 aromatic rings. The zero-order chi connectivity index (χ0) is 24.2. The number of carboxylic acid groups (broad SMARTS) is 1. The van der Waals surface area contributed by atoms with E-state index in [4.69, 9.17) is 11.6 Å². The van der Waals surface area contributed by atoms with Gasteiger partial charge >= 0.3 is 5.97 Å². The molecule has 0 aliphatic carbocycles. The second-order valence-corrected chi connectivity index (χ2v) is 8.51. The Kier molecular flexibility index (Phi) is 6.80. The number of carboxylic acids is 1. The lowest BCUT2D eigenvalue weighted by Crippen LogP contribution is -2.34. The van der Waals surface area contributed by atoms with Gasteiger partial charge in [0, 0.05) is 23.0 Å². The van der Waals surface area contributed by atoms with Crippen LogP contribution in [0.3, 0.4) is 0 Å².